The van der Waals surface area contributed by atoms with Crippen molar-refractivity contribution in [2.45, 2.75) is 77.5 Å². The standard InChI is InChI=1S/C20H30N4OS2/c1-12(2)7-6-8-13(3)22-20(21)26-11-16-23-18(25)17-14-9-4-5-10-15(14)27-19(17)24-16/h12-13H,4-11H2,1-3H3,(H2,21,22)(H,23,24,25)/t13-/m1/s1. The van der Waals surface area contributed by atoms with E-state index in [2.05, 4.69) is 30.7 Å². The van der Waals surface area contributed by atoms with Crippen molar-refractivity contribution in [3.05, 3.63) is 26.6 Å². The van der Waals surface area contributed by atoms with Gasteiger partial charge in [0.1, 0.15) is 10.7 Å². The van der Waals surface area contributed by atoms with Crippen molar-refractivity contribution in [3.8, 4) is 0 Å². The van der Waals surface area contributed by atoms with Gasteiger partial charge in [-0.3, -0.25) is 9.79 Å². The number of aromatic amines is 1. The number of aryl methyl sites for hydroxylation is 2. The molecule has 3 rings (SSSR count). The topological polar surface area (TPSA) is 84.1 Å². The zero-order valence-corrected chi connectivity index (χ0v) is 18.1. The second-order valence-corrected chi connectivity index (χ2v) is 9.91. The van der Waals surface area contributed by atoms with Crippen molar-refractivity contribution in [1.82, 2.24) is 9.97 Å². The second-order valence-electron chi connectivity index (χ2n) is 7.83. The normalized spacial score (nSPS) is 16.1. The van der Waals surface area contributed by atoms with Crippen molar-refractivity contribution in [3.63, 3.8) is 0 Å². The highest BCUT2D eigenvalue weighted by Gasteiger charge is 2.19. The molecule has 5 nitrogen and oxygen atoms in total. The van der Waals surface area contributed by atoms with E-state index in [0.717, 1.165) is 41.8 Å². The van der Waals surface area contributed by atoms with E-state index >= 15 is 0 Å². The molecule has 0 spiro atoms. The van der Waals surface area contributed by atoms with Crippen LogP contribution in [0.15, 0.2) is 9.79 Å². The van der Waals surface area contributed by atoms with Gasteiger partial charge in [0.25, 0.3) is 5.56 Å². The molecule has 1 atom stereocenters. The number of hydrogen-bond acceptors (Lipinski definition) is 5. The molecule has 0 radical (unpaired) electrons. The van der Waals surface area contributed by atoms with Crippen LogP contribution in [0, 0.1) is 5.92 Å². The van der Waals surface area contributed by atoms with Crippen LogP contribution < -0.4 is 11.3 Å². The van der Waals surface area contributed by atoms with Gasteiger partial charge in [-0.2, -0.15) is 0 Å². The van der Waals surface area contributed by atoms with Gasteiger partial charge in [0.05, 0.1) is 11.1 Å². The van der Waals surface area contributed by atoms with Gasteiger partial charge in [0.15, 0.2) is 5.17 Å². The van der Waals surface area contributed by atoms with E-state index in [9.17, 15) is 4.79 Å². The lowest BCUT2D eigenvalue weighted by Gasteiger charge is -2.10. The van der Waals surface area contributed by atoms with E-state index in [-0.39, 0.29) is 11.6 Å². The number of amidine groups is 1. The first-order chi connectivity index (χ1) is 12.9. The molecular weight excluding hydrogens is 376 g/mol. The van der Waals surface area contributed by atoms with Crippen LogP contribution >= 0.6 is 23.1 Å². The molecule has 0 unspecified atom stereocenters. The summed E-state index contributed by atoms with van der Waals surface area (Å²) < 4.78 is 0. The van der Waals surface area contributed by atoms with Crippen LogP contribution in [0.25, 0.3) is 10.2 Å². The molecule has 2 aromatic heterocycles. The van der Waals surface area contributed by atoms with Crippen molar-refractivity contribution in [2.75, 3.05) is 0 Å². The predicted molar refractivity (Wildman–Crippen MR) is 118 cm³/mol. The Bertz CT molecular complexity index is 869. The number of aliphatic imine (C=N–C) groups is 1. The van der Waals surface area contributed by atoms with Crippen LogP contribution in [-0.2, 0) is 18.6 Å². The highest BCUT2D eigenvalue weighted by molar-refractivity contribution is 8.13. The van der Waals surface area contributed by atoms with E-state index in [1.807, 2.05) is 0 Å². The first kappa shape index (κ1) is 20.4. The Morgan fingerprint density at radius 1 is 1.30 bits per heavy atom. The van der Waals surface area contributed by atoms with Gasteiger partial charge in [-0.25, -0.2) is 4.98 Å². The summed E-state index contributed by atoms with van der Waals surface area (Å²) in [7, 11) is 0. The van der Waals surface area contributed by atoms with Crippen LogP contribution in [0.5, 0.6) is 0 Å². The number of rotatable bonds is 7. The van der Waals surface area contributed by atoms with Gasteiger partial charge in [0.2, 0.25) is 0 Å². The smallest absolute Gasteiger partial charge is 0.259 e. The van der Waals surface area contributed by atoms with Crippen LogP contribution in [-0.4, -0.2) is 21.2 Å². The third kappa shape index (κ3) is 5.35. The molecule has 3 N–H and O–H groups in total. The second kappa shape index (κ2) is 9.24. The maximum absolute atomic E-state index is 12.6. The minimum Gasteiger partial charge on any atom is -0.379 e. The number of thiophene rings is 1. The highest BCUT2D eigenvalue weighted by Crippen LogP contribution is 2.33. The average molecular weight is 407 g/mol. The third-order valence-corrected chi connectivity index (χ3v) is 6.99. The van der Waals surface area contributed by atoms with E-state index in [4.69, 9.17) is 10.7 Å². The van der Waals surface area contributed by atoms with Gasteiger partial charge in [-0.1, -0.05) is 38.5 Å². The molecule has 0 bridgehead atoms. The lowest BCUT2D eigenvalue weighted by atomic mass is 9.97. The molecule has 27 heavy (non-hydrogen) atoms. The number of nitrogens with one attached hydrogen (secondary N) is 1. The van der Waals surface area contributed by atoms with Gasteiger partial charge in [-0.15, -0.1) is 11.3 Å². The van der Waals surface area contributed by atoms with E-state index < -0.39 is 0 Å². The Kier molecular flexibility index (Phi) is 6.98. The Labute approximate surface area is 169 Å². The zero-order chi connectivity index (χ0) is 19.4. The van der Waals surface area contributed by atoms with E-state index in [0.29, 0.717) is 16.7 Å². The third-order valence-electron chi connectivity index (χ3n) is 4.98. The largest absolute Gasteiger partial charge is 0.379 e. The lowest BCUT2D eigenvalue weighted by Crippen LogP contribution is -2.15. The molecule has 148 valence electrons. The summed E-state index contributed by atoms with van der Waals surface area (Å²) in [4.78, 5) is 27.0. The fourth-order valence-corrected chi connectivity index (χ4v) is 5.52. The molecule has 0 saturated heterocycles. The first-order valence-electron chi connectivity index (χ1n) is 9.93. The average Bonchev–Trinajstić information content (AvgIpc) is 2.98. The number of hydrogen-bond donors (Lipinski definition) is 2. The maximum atomic E-state index is 12.6. The summed E-state index contributed by atoms with van der Waals surface area (Å²) in [5.74, 6) is 1.96. The maximum Gasteiger partial charge on any atom is 0.259 e. The number of aromatic nitrogens is 2. The number of thioether (sulfide) groups is 1. The van der Waals surface area contributed by atoms with Gasteiger partial charge < -0.3 is 10.7 Å². The summed E-state index contributed by atoms with van der Waals surface area (Å²) in [6, 6.07) is 0.231. The number of H-pyrrole nitrogens is 1. The van der Waals surface area contributed by atoms with Crippen LogP contribution in [0.4, 0.5) is 0 Å². The predicted octanol–water partition coefficient (Wildman–Crippen LogP) is 4.63. The van der Waals surface area contributed by atoms with Crippen LogP contribution in [0.1, 0.15) is 69.1 Å². The Balaban J connectivity index is 1.63. The molecule has 0 fully saturated rings. The first-order valence-corrected chi connectivity index (χ1v) is 11.7. The fourth-order valence-electron chi connectivity index (χ4n) is 3.56. The Hall–Kier alpha value is -1.34. The lowest BCUT2D eigenvalue weighted by molar-refractivity contribution is 0.512. The summed E-state index contributed by atoms with van der Waals surface area (Å²) >= 11 is 3.13. The molecule has 0 amide bonds. The summed E-state index contributed by atoms with van der Waals surface area (Å²) in [6.45, 7) is 6.59. The van der Waals surface area contributed by atoms with Crippen LogP contribution in [0.2, 0.25) is 0 Å². The molecule has 0 saturated carbocycles. The van der Waals surface area contributed by atoms with Crippen molar-refractivity contribution < 1.29 is 0 Å². The molecule has 2 heterocycles. The fraction of sp³-hybridized carbons (Fsp3) is 0.650. The van der Waals surface area contributed by atoms with E-state index in [1.54, 1.807) is 11.3 Å². The molecule has 2 aromatic rings. The molecule has 1 aliphatic carbocycles. The minimum absolute atomic E-state index is 0.00689. The molecular formula is C20H30N4OS2. The number of nitrogens with zero attached hydrogens (tertiary/aromatic N) is 2. The SMILES string of the molecule is CC(C)CCC[C@@H](C)N=C(N)SCc1nc2sc3c(c2c(=O)[nH]1)CCCC3. The number of fused-ring (bicyclic) bond motifs is 3. The summed E-state index contributed by atoms with van der Waals surface area (Å²) in [5.41, 5.74) is 7.30. The van der Waals surface area contributed by atoms with Gasteiger partial charge in [-0.05, 0) is 50.5 Å². The van der Waals surface area contributed by atoms with Crippen LogP contribution in [0.3, 0.4) is 0 Å². The molecule has 0 aromatic carbocycles. The molecule has 0 aliphatic heterocycles. The zero-order valence-electron chi connectivity index (χ0n) is 16.5. The molecule has 1 aliphatic rings. The monoisotopic (exact) mass is 406 g/mol. The molecule has 7 heteroatoms. The number of nitrogens with two attached hydrogens (primary N) is 1. The van der Waals surface area contributed by atoms with Gasteiger partial charge in [0, 0.05) is 10.9 Å². The quantitative estimate of drug-likeness (QED) is 0.519. The van der Waals surface area contributed by atoms with Gasteiger partial charge >= 0.3 is 0 Å². The van der Waals surface area contributed by atoms with Crippen molar-refractivity contribution in [2.24, 2.45) is 16.6 Å². The Morgan fingerprint density at radius 3 is 2.85 bits per heavy atom. The van der Waals surface area contributed by atoms with Crippen molar-refractivity contribution in [1.29, 1.82) is 0 Å². The van der Waals surface area contributed by atoms with E-state index in [1.165, 1.54) is 41.5 Å². The summed E-state index contributed by atoms with van der Waals surface area (Å²) in [5, 5.41) is 1.38. The summed E-state index contributed by atoms with van der Waals surface area (Å²) in [6.07, 6.45) is 7.91. The minimum atomic E-state index is -0.00689. The Morgan fingerprint density at radius 2 is 2.07 bits per heavy atom. The van der Waals surface area contributed by atoms with Crippen molar-refractivity contribution >= 4 is 38.5 Å². The highest BCUT2D eigenvalue weighted by atomic mass is 32.2.